The Balaban J connectivity index is 1.82. The summed E-state index contributed by atoms with van der Waals surface area (Å²) in [4.78, 5) is 2.56. The fraction of sp³-hybridized carbons (Fsp3) is 0.727. The first kappa shape index (κ1) is 8.48. The highest BCUT2D eigenvalue weighted by Crippen LogP contribution is 2.35. The molecule has 0 aliphatic carbocycles. The van der Waals surface area contributed by atoms with E-state index >= 15 is 0 Å². The number of aromatic nitrogens is 2. The summed E-state index contributed by atoms with van der Waals surface area (Å²) in [6.45, 7) is 6.01. The highest BCUT2D eigenvalue weighted by Gasteiger charge is 2.39. The van der Waals surface area contributed by atoms with Gasteiger partial charge in [-0.1, -0.05) is 6.92 Å². The smallest absolute Gasteiger partial charge is 0.0686 e. The molecule has 3 atom stereocenters. The number of aryl methyl sites for hydroxylation is 1. The molecule has 1 aromatic rings. The number of nitrogens with zero attached hydrogens (tertiary/aromatic N) is 3. The average Bonchev–Trinajstić information content (AvgIpc) is 2.93. The molecule has 14 heavy (non-hydrogen) atoms. The topological polar surface area (TPSA) is 21.1 Å². The van der Waals surface area contributed by atoms with Crippen LogP contribution in [0.15, 0.2) is 12.4 Å². The zero-order chi connectivity index (χ0) is 9.54. The van der Waals surface area contributed by atoms with E-state index in [1.807, 2.05) is 6.20 Å². The Kier molecular flexibility index (Phi) is 1.87. The second kappa shape index (κ2) is 3.09. The quantitative estimate of drug-likeness (QED) is 0.703. The first-order valence-electron chi connectivity index (χ1n) is 5.62. The lowest BCUT2D eigenvalue weighted by Crippen LogP contribution is -2.26. The molecule has 2 bridgehead atoms. The fourth-order valence-corrected chi connectivity index (χ4v) is 2.80. The van der Waals surface area contributed by atoms with Gasteiger partial charge in [0, 0.05) is 19.3 Å². The van der Waals surface area contributed by atoms with Crippen LogP contribution in [0.4, 0.5) is 0 Å². The van der Waals surface area contributed by atoms with E-state index in [1.165, 1.54) is 31.6 Å². The molecule has 3 nitrogen and oxygen atoms in total. The van der Waals surface area contributed by atoms with E-state index in [-0.39, 0.29) is 0 Å². The number of hydrogen-bond donors (Lipinski definition) is 0. The molecule has 3 heterocycles. The van der Waals surface area contributed by atoms with Gasteiger partial charge < -0.3 is 4.90 Å². The second-order valence-corrected chi connectivity index (χ2v) is 4.56. The van der Waals surface area contributed by atoms with Gasteiger partial charge in [0.25, 0.3) is 0 Å². The molecule has 2 aliphatic rings. The Morgan fingerprint density at radius 1 is 1.50 bits per heavy atom. The van der Waals surface area contributed by atoms with Crippen molar-refractivity contribution in [3.63, 3.8) is 0 Å². The minimum Gasteiger partial charge on any atom is -0.301 e. The van der Waals surface area contributed by atoms with Crippen molar-refractivity contribution in [2.45, 2.75) is 25.8 Å². The molecule has 2 unspecified atom stereocenters. The number of hydrogen-bond acceptors (Lipinski definition) is 2. The Morgan fingerprint density at radius 2 is 2.43 bits per heavy atom. The summed E-state index contributed by atoms with van der Waals surface area (Å²) in [5, 5.41) is 4.48. The van der Waals surface area contributed by atoms with Crippen LogP contribution < -0.4 is 0 Å². The Hall–Kier alpha value is -0.830. The number of fused-ring (bicyclic) bond motifs is 2. The van der Waals surface area contributed by atoms with Gasteiger partial charge in [-0.05, 0) is 30.9 Å². The first-order valence-corrected chi connectivity index (χ1v) is 5.62. The van der Waals surface area contributed by atoms with Crippen LogP contribution in [-0.4, -0.2) is 34.3 Å². The third kappa shape index (κ3) is 1.19. The van der Waals surface area contributed by atoms with E-state index in [0.717, 1.165) is 12.3 Å². The highest BCUT2D eigenvalue weighted by atomic mass is 15.3. The van der Waals surface area contributed by atoms with Crippen LogP contribution in [0.1, 0.15) is 24.9 Å². The van der Waals surface area contributed by atoms with Gasteiger partial charge in [-0.3, -0.25) is 4.68 Å². The molecule has 0 radical (unpaired) electrons. The predicted octanol–water partition coefficient (Wildman–Crippen LogP) is 1.32. The van der Waals surface area contributed by atoms with Gasteiger partial charge in [0.05, 0.1) is 12.2 Å². The molecule has 3 rings (SSSR count). The van der Waals surface area contributed by atoms with Crippen LogP contribution in [0.25, 0.3) is 0 Å². The van der Waals surface area contributed by atoms with Gasteiger partial charge in [0.15, 0.2) is 0 Å². The standard InChI is InChI=1S/C11H17N3/c1-2-9-5-12-14(6-9)11-8-13-4-3-10(11)7-13/h5-6,10-11H,2-4,7-8H2,1H3/t10-,11?/m0/s1. The van der Waals surface area contributed by atoms with E-state index < -0.39 is 0 Å². The third-order valence-corrected chi connectivity index (χ3v) is 3.70. The Morgan fingerprint density at radius 3 is 3.00 bits per heavy atom. The average molecular weight is 191 g/mol. The van der Waals surface area contributed by atoms with Gasteiger partial charge in [-0.15, -0.1) is 0 Å². The number of rotatable bonds is 2. The summed E-state index contributed by atoms with van der Waals surface area (Å²) >= 11 is 0. The summed E-state index contributed by atoms with van der Waals surface area (Å²) < 4.78 is 2.20. The van der Waals surface area contributed by atoms with Crippen LogP contribution in [-0.2, 0) is 6.42 Å². The Labute approximate surface area is 84.7 Å². The van der Waals surface area contributed by atoms with Crippen molar-refractivity contribution in [1.82, 2.24) is 14.7 Å². The van der Waals surface area contributed by atoms with Crippen LogP contribution in [0.3, 0.4) is 0 Å². The monoisotopic (exact) mass is 191 g/mol. The predicted molar refractivity (Wildman–Crippen MR) is 55.2 cm³/mol. The van der Waals surface area contributed by atoms with Crippen molar-refractivity contribution in [3.8, 4) is 0 Å². The lowest BCUT2D eigenvalue weighted by atomic mass is 10.0. The maximum absolute atomic E-state index is 4.48. The number of piperidine rings is 1. The van der Waals surface area contributed by atoms with Gasteiger partial charge in [0.2, 0.25) is 0 Å². The van der Waals surface area contributed by atoms with Crippen molar-refractivity contribution in [2.24, 2.45) is 5.92 Å². The summed E-state index contributed by atoms with van der Waals surface area (Å²) in [7, 11) is 0. The van der Waals surface area contributed by atoms with E-state index in [9.17, 15) is 0 Å². The molecule has 0 spiro atoms. The highest BCUT2D eigenvalue weighted by molar-refractivity contribution is 5.05. The van der Waals surface area contributed by atoms with Crippen LogP contribution in [0, 0.1) is 5.92 Å². The molecule has 2 saturated heterocycles. The van der Waals surface area contributed by atoms with Gasteiger partial charge in [-0.2, -0.15) is 5.10 Å². The fourth-order valence-electron chi connectivity index (χ4n) is 2.80. The molecule has 76 valence electrons. The molecular weight excluding hydrogens is 174 g/mol. The van der Waals surface area contributed by atoms with E-state index in [2.05, 4.69) is 27.8 Å². The van der Waals surface area contributed by atoms with Crippen molar-refractivity contribution in [1.29, 1.82) is 0 Å². The SMILES string of the molecule is CCc1cnn(C2CN3CC[C@H]2C3)c1. The molecule has 0 saturated carbocycles. The summed E-state index contributed by atoms with van der Waals surface area (Å²) in [6, 6.07) is 0.657. The van der Waals surface area contributed by atoms with Gasteiger partial charge >= 0.3 is 0 Å². The minimum atomic E-state index is 0.657. The van der Waals surface area contributed by atoms with Crippen LogP contribution in [0.2, 0.25) is 0 Å². The first-order chi connectivity index (χ1) is 6.86. The summed E-state index contributed by atoms with van der Waals surface area (Å²) in [5.41, 5.74) is 1.36. The van der Waals surface area contributed by atoms with Crippen molar-refractivity contribution in [2.75, 3.05) is 19.6 Å². The maximum atomic E-state index is 4.48. The van der Waals surface area contributed by atoms with Crippen LogP contribution >= 0.6 is 0 Å². The maximum Gasteiger partial charge on any atom is 0.0686 e. The minimum absolute atomic E-state index is 0.657. The molecular formula is C11H17N3. The molecule has 0 N–H and O–H groups in total. The van der Waals surface area contributed by atoms with E-state index in [1.54, 1.807) is 0 Å². The zero-order valence-corrected chi connectivity index (χ0v) is 8.69. The summed E-state index contributed by atoms with van der Waals surface area (Å²) in [5.74, 6) is 0.861. The molecule has 0 amide bonds. The zero-order valence-electron chi connectivity index (χ0n) is 8.69. The van der Waals surface area contributed by atoms with Crippen molar-refractivity contribution < 1.29 is 0 Å². The normalized spacial score (nSPS) is 35.4. The molecule has 0 aromatic carbocycles. The lowest BCUT2D eigenvalue weighted by molar-refractivity contribution is 0.285. The van der Waals surface area contributed by atoms with Gasteiger partial charge in [-0.25, -0.2) is 0 Å². The molecule has 2 fully saturated rings. The summed E-state index contributed by atoms with van der Waals surface area (Å²) in [6.07, 6.45) is 6.71. The van der Waals surface area contributed by atoms with Crippen molar-refractivity contribution in [3.05, 3.63) is 18.0 Å². The largest absolute Gasteiger partial charge is 0.301 e. The van der Waals surface area contributed by atoms with Crippen molar-refractivity contribution >= 4 is 0 Å². The molecule has 3 heteroatoms. The van der Waals surface area contributed by atoms with Gasteiger partial charge in [0.1, 0.15) is 0 Å². The van der Waals surface area contributed by atoms with E-state index in [4.69, 9.17) is 0 Å². The van der Waals surface area contributed by atoms with E-state index in [0.29, 0.717) is 6.04 Å². The molecule has 2 aliphatic heterocycles. The lowest BCUT2D eigenvalue weighted by Gasteiger charge is -2.22. The molecule has 1 aromatic heterocycles. The van der Waals surface area contributed by atoms with Crippen LogP contribution in [0.5, 0.6) is 0 Å². The second-order valence-electron chi connectivity index (χ2n) is 4.56. The Bertz CT molecular complexity index is 331. The third-order valence-electron chi connectivity index (χ3n) is 3.70.